The van der Waals surface area contributed by atoms with Gasteiger partial charge < -0.3 is 23.7 Å². The van der Waals surface area contributed by atoms with E-state index in [1.807, 2.05) is 6.92 Å². The second kappa shape index (κ2) is 14.6. The Hall–Kier alpha value is -0.460. The maximum Gasteiger partial charge on any atom is 0.0704 e. The van der Waals surface area contributed by atoms with E-state index in [0.29, 0.717) is 59.5 Å². The Labute approximate surface area is 110 Å². The second-order valence-corrected chi connectivity index (χ2v) is 3.84. The minimum Gasteiger partial charge on any atom is -0.382 e. The first-order valence-electron chi connectivity index (χ1n) is 6.21. The van der Waals surface area contributed by atoms with E-state index < -0.39 is 0 Å². The van der Waals surface area contributed by atoms with Gasteiger partial charge in [-0.05, 0) is 6.92 Å². The summed E-state index contributed by atoms with van der Waals surface area (Å²) in [5, 5.41) is 0. The number of ether oxygens (including phenoxy) is 5. The SMILES string of the molecule is C=C(C)COCCOCCOCCOCCOC. The molecule has 0 N–H and O–H groups in total. The van der Waals surface area contributed by atoms with Gasteiger partial charge in [0.2, 0.25) is 0 Å². The monoisotopic (exact) mass is 262 g/mol. The lowest BCUT2D eigenvalue weighted by Crippen LogP contribution is -2.13. The van der Waals surface area contributed by atoms with Crippen LogP contribution in [0.25, 0.3) is 0 Å². The highest BCUT2D eigenvalue weighted by Crippen LogP contribution is 1.88. The van der Waals surface area contributed by atoms with Crippen molar-refractivity contribution in [3.8, 4) is 0 Å². The summed E-state index contributed by atoms with van der Waals surface area (Å²) < 4.78 is 26.0. The van der Waals surface area contributed by atoms with Crippen molar-refractivity contribution in [3.05, 3.63) is 12.2 Å². The number of rotatable bonds is 14. The van der Waals surface area contributed by atoms with Crippen LogP contribution in [0.5, 0.6) is 0 Å². The fourth-order valence-electron chi connectivity index (χ4n) is 1.05. The van der Waals surface area contributed by atoms with Crippen LogP contribution in [-0.2, 0) is 23.7 Å². The van der Waals surface area contributed by atoms with E-state index >= 15 is 0 Å². The molecule has 0 rings (SSSR count). The molecule has 0 fully saturated rings. The van der Waals surface area contributed by atoms with Crippen LogP contribution in [0.4, 0.5) is 0 Å². The van der Waals surface area contributed by atoms with Gasteiger partial charge in [0.25, 0.3) is 0 Å². The molecule has 0 aliphatic heterocycles. The fraction of sp³-hybridized carbons (Fsp3) is 0.846. The second-order valence-electron chi connectivity index (χ2n) is 3.84. The highest BCUT2D eigenvalue weighted by atomic mass is 16.6. The molecule has 0 heterocycles. The maximum absolute atomic E-state index is 5.32. The van der Waals surface area contributed by atoms with E-state index in [4.69, 9.17) is 23.7 Å². The van der Waals surface area contributed by atoms with Crippen LogP contribution < -0.4 is 0 Å². The molecule has 0 amide bonds. The molecule has 0 spiro atoms. The molecule has 0 bridgehead atoms. The first-order chi connectivity index (χ1) is 8.77. The lowest BCUT2D eigenvalue weighted by molar-refractivity contribution is -0.00614. The van der Waals surface area contributed by atoms with Gasteiger partial charge in [-0.25, -0.2) is 0 Å². The van der Waals surface area contributed by atoms with Crippen molar-refractivity contribution in [2.45, 2.75) is 6.92 Å². The van der Waals surface area contributed by atoms with E-state index in [1.54, 1.807) is 7.11 Å². The molecule has 5 nitrogen and oxygen atoms in total. The lowest BCUT2D eigenvalue weighted by atomic mass is 10.4. The Morgan fingerprint density at radius 3 is 1.50 bits per heavy atom. The third-order valence-corrected chi connectivity index (χ3v) is 1.90. The zero-order valence-electron chi connectivity index (χ0n) is 11.6. The molecule has 108 valence electrons. The number of hydrogen-bond donors (Lipinski definition) is 0. The van der Waals surface area contributed by atoms with Crippen LogP contribution in [0.2, 0.25) is 0 Å². The van der Waals surface area contributed by atoms with Gasteiger partial charge in [-0.15, -0.1) is 0 Å². The Balaban J connectivity index is 2.92. The average molecular weight is 262 g/mol. The molecule has 0 unspecified atom stereocenters. The van der Waals surface area contributed by atoms with E-state index in [0.717, 1.165) is 5.57 Å². The normalized spacial score (nSPS) is 10.8. The van der Waals surface area contributed by atoms with Gasteiger partial charge in [0.1, 0.15) is 0 Å². The lowest BCUT2D eigenvalue weighted by Gasteiger charge is -2.07. The molecule has 0 aromatic rings. The Morgan fingerprint density at radius 1 is 0.722 bits per heavy atom. The van der Waals surface area contributed by atoms with Crippen molar-refractivity contribution in [2.75, 3.05) is 66.6 Å². The third-order valence-electron chi connectivity index (χ3n) is 1.90. The molecule has 0 aliphatic rings. The van der Waals surface area contributed by atoms with Crippen LogP contribution in [0.1, 0.15) is 6.92 Å². The molecule has 0 atom stereocenters. The summed E-state index contributed by atoms with van der Waals surface area (Å²) in [5.41, 5.74) is 1.02. The fourth-order valence-corrected chi connectivity index (χ4v) is 1.05. The summed E-state index contributed by atoms with van der Waals surface area (Å²) in [6, 6.07) is 0. The minimum atomic E-state index is 0.578. The quantitative estimate of drug-likeness (QED) is 0.348. The maximum atomic E-state index is 5.32. The van der Waals surface area contributed by atoms with Crippen LogP contribution in [0.3, 0.4) is 0 Å². The summed E-state index contributed by atoms with van der Waals surface area (Å²) >= 11 is 0. The van der Waals surface area contributed by atoms with Crippen LogP contribution in [-0.4, -0.2) is 66.6 Å². The smallest absolute Gasteiger partial charge is 0.0704 e. The summed E-state index contributed by atoms with van der Waals surface area (Å²) in [7, 11) is 1.65. The molecule has 0 saturated heterocycles. The zero-order chi connectivity index (χ0) is 13.5. The highest BCUT2D eigenvalue weighted by molar-refractivity contribution is 4.87. The summed E-state index contributed by atoms with van der Waals surface area (Å²) in [6.45, 7) is 11.0. The molecule has 0 radical (unpaired) electrons. The van der Waals surface area contributed by atoms with Crippen molar-refractivity contribution in [1.29, 1.82) is 0 Å². The van der Waals surface area contributed by atoms with Crippen molar-refractivity contribution >= 4 is 0 Å². The predicted octanol–water partition coefficient (Wildman–Crippen LogP) is 1.28. The Bertz CT molecular complexity index is 184. The van der Waals surface area contributed by atoms with Crippen molar-refractivity contribution in [2.24, 2.45) is 0 Å². The molecule has 5 heteroatoms. The van der Waals surface area contributed by atoms with Gasteiger partial charge in [0, 0.05) is 7.11 Å². The first kappa shape index (κ1) is 17.5. The van der Waals surface area contributed by atoms with Gasteiger partial charge in [0.15, 0.2) is 0 Å². The van der Waals surface area contributed by atoms with Crippen molar-refractivity contribution in [3.63, 3.8) is 0 Å². The number of methoxy groups -OCH3 is 1. The minimum absolute atomic E-state index is 0.578. The predicted molar refractivity (Wildman–Crippen MR) is 70.0 cm³/mol. The van der Waals surface area contributed by atoms with E-state index in [-0.39, 0.29) is 0 Å². The third kappa shape index (κ3) is 15.5. The molecule has 0 aliphatic carbocycles. The van der Waals surface area contributed by atoms with E-state index in [2.05, 4.69) is 6.58 Å². The summed E-state index contributed by atoms with van der Waals surface area (Å²) in [6.07, 6.45) is 0. The van der Waals surface area contributed by atoms with Crippen LogP contribution >= 0.6 is 0 Å². The molecule has 0 aromatic heterocycles. The average Bonchev–Trinajstić information content (AvgIpc) is 2.34. The summed E-state index contributed by atoms with van der Waals surface area (Å²) in [5.74, 6) is 0. The van der Waals surface area contributed by atoms with Gasteiger partial charge in [-0.3, -0.25) is 0 Å². The first-order valence-corrected chi connectivity index (χ1v) is 6.21. The standard InChI is InChI=1S/C13H26O5/c1-13(2)12-18-11-10-17-9-8-16-7-6-15-5-4-14-3/h1,4-12H2,2-3H3. The van der Waals surface area contributed by atoms with Gasteiger partial charge >= 0.3 is 0 Å². The van der Waals surface area contributed by atoms with Gasteiger partial charge in [-0.1, -0.05) is 12.2 Å². The van der Waals surface area contributed by atoms with Crippen LogP contribution in [0, 0.1) is 0 Å². The highest BCUT2D eigenvalue weighted by Gasteiger charge is 1.92. The molecule has 18 heavy (non-hydrogen) atoms. The zero-order valence-corrected chi connectivity index (χ0v) is 11.6. The molecular formula is C13H26O5. The molecule has 0 saturated carbocycles. The topological polar surface area (TPSA) is 46.2 Å². The van der Waals surface area contributed by atoms with Gasteiger partial charge in [0.05, 0.1) is 59.5 Å². The number of hydrogen-bond acceptors (Lipinski definition) is 5. The van der Waals surface area contributed by atoms with Crippen molar-refractivity contribution in [1.82, 2.24) is 0 Å². The summed E-state index contributed by atoms with van der Waals surface area (Å²) in [4.78, 5) is 0. The Morgan fingerprint density at radius 2 is 1.11 bits per heavy atom. The molecular weight excluding hydrogens is 236 g/mol. The Kier molecular flexibility index (Phi) is 14.2. The van der Waals surface area contributed by atoms with E-state index in [9.17, 15) is 0 Å². The largest absolute Gasteiger partial charge is 0.382 e. The molecule has 0 aromatic carbocycles. The van der Waals surface area contributed by atoms with Crippen LogP contribution in [0.15, 0.2) is 12.2 Å². The van der Waals surface area contributed by atoms with Gasteiger partial charge in [-0.2, -0.15) is 0 Å². The van der Waals surface area contributed by atoms with E-state index in [1.165, 1.54) is 0 Å². The van der Waals surface area contributed by atoms with Crippen molar-refractivity contribution < 1.29 is 23.7 Å².